The lowest BCUT2D eigenvalue weighted by Gasteiger charge is -2.08. The van der Waals surface area contributed by atoms with Gasteiger partial charge in [-0.25, -0.2) is 4.79 Å². The van der Waals surface area contributed by atoms with Crippen molar-refractivity contribution in [2.75, 3.05) is 79.8 Å². The highest BCUT2D eigenvalue weighted by molar-refractivity contribution is 5.70. The first-order chi connectivity index (χ1) is 15.2. The van der Waals surface area contributed by atoms with Crippen LogP contribution < -0.4 is 0 Å². The van der Waals surface area contributed by atoms with Gasteiger partial charge < -0.3 is 33.2 Å². The lowest BCUT2D eigenvalue weighted by atomic mass is 10.1. The number of esters is 2. The number of unbranched alkanes of at least 4 members (excludes halogenated alkanes) is 5. The molecule has 0 spiro atoms. The Bertz CT molecular complexity index is 404. The Balaban J connectivity index is 3.13. The molecular formula is C22H42O9. The maximum atomic E-state index is 11.6. The summed E-state index contributed by atoms with van der Waals surface area (Å²) in [4.78, 5) is 22.4. The lowest BCUT2D eigenvalue weighted by Crippen LogP contribution is -2.16. The van der Waals surface area contributed by atoms with Gasteiger partial charge in [-0.2, -0.15) is 0 Å². The van der Waals surface area contributed by atoms with Crippen molar-refractivity contribution in [2.24, 2.45) is 0 Å². The Morgan fingerprint density at radius 3 is 1.52 bits per heavy atom. The molecule has 0 aliphatic rings. The molecular weight excluding hydrogens is 408 g/mol. The van der Waals surface area contributed by atoms with Crippen LogP contribution in [0.2, 0.25) is 0 Å². The van der Waals surface area contributed by atoms with E-state index in [9.17, 15) is 9.59 Å². The van der Waals surface area contributed by atoms with Crippen molar-refractivity contribution >= 4 is 11.9 Å². The molecule has 0 saturated heterocycles. The van der Waals surface area contributed by atoms with Crippen LogP contribution in [0.5, 0.6) is 0 Å². The molecule has 31 heavy (non-hydrogen) atoms. The smallest absolute Gasteiger partial charge is 0.331 e. The first kappa shape index (κ1) is 29.7. The maximum absolute atomic E-state index is 11.6. The molecule has 0 radical (unpaired) electrons. The quantitative estimate of drug-likeness (QED) is 0.162. The monoisotopic (exact) mass is 450 g/mol. The SMILES string of the molecule is CCCCCCCCC(=O)OCCOCCOCCOCCOCCOCC(=O)OC. The third-order valence-electron chi connectivity index (χ3n) is 4.16. The van der Waals surface area contributed by atoms with Gasteiger partial charge in [0.2, 0.25) is 0 Å². The van der Waals surface area contributed by atoms with E-state index in [2.05, 4.69) is 11.7 Å². The van der Waals surface area contributed by atoms with Gasteiger partial charge in [-0.15, -0.1) is 0 Å². The molecule has 0 aromatic carbocycles. The van der Waals surface area contributed by atoms with E-state index in [4.69, 9.17) is 28.4 Å². The van der Waals surface area contributed by atoms with Gasteiger partial charge in [0.1, 0.15) is 13.2 Å². The van der Waals surface area contributed by atoms with E-state index in [-0.39, 0.29) is 19.2 Å². The minimum absolute atomic E-state index is 0.0676. The number of hydrogen-bond donors (Lipinski definition) is 0. The predicted molar refractivity (Wildman–Crippen MR) is 115 cm³/mol. The minimum atomic E-state index is -0.407. The van der Waals surface area contributed by atoms with Gasteiger partial charge in [0.15, 0.2) is 0 Å². The van der Waals surface area contributed by atoms with Crippen LogP contribution in [-0.4, -0.2) is 91.7 Å². The zero-order valence-electron chi connectivity index (χ0n) is 19.4. The van der Waals surface area contributed by atoms with Crippen LogP contribution in [0.4, 0.5) is 0 Å². The summed E-state index contributed by atoms with van der Waals surface area (Å²) in [5.74, 6) is -0.554. The maximum Gasteiger partial charge on any atom is 0.331 e. The van der Waals surface area contributed by atoms with E-state index in [1.54, 1.807) is 0 Å². The van der Waals surface area contributed by atoms with Crippen LogP contribution in [0, 0.1) is 0 Å². The van der Waals surface area contributed by atoms with Crippen molar-refractivity contribution in [1.82, 2.24) is 0 Å². The molecule has 0 bridgehead atoms. The summed E-state index contributed by atoms with van der Waals surface area (Å²) in [5.41, 5.74) is 0. The zero-order chi connectivity index (χ0) is 22.8. The highest BCUT2D eigenvalue weighted by Crippen LogP contribution is 2.07. The van der Waals surface area contributed by atoms with Crippen LogP contribution >= 0.6 is 0 Å². The van der Waals surface area contributed by atoms with Gasteiger partial charge >= 0.3 is 11.9 Å². The molecule has 0 unspecified atom stereocenters. The molecule has 0 N–H and O–H groups in total. The molecule has 0 aliphatic carbocycles. The first-order valence-electron chi connectivity index (χ1n) is 11.3. The molecule has 0 fully saturated rings. The third kappa shape index (κ3) is 24.9. The van der Waals surface area contributed by atoms with Gasteiger partial charge in [-0.1, -0.05) is 39.0 Å². The van der Waals surface area contributed by atoms with Crippen molar-refractivity contribution in [3.8, 4) is 0 Å². The Morgan fingerprint density at radius 2 is 1.00 bits per heavy atom. The third-order valence-corrected chi connectivity index (χ3v) is 4.16. The van der Waals surface area contributed by atoms with Crippen molar-refractivity contribution < 1.29 is 42.7 Å². The van der Waals surface area contributed by atoms with E-state index >= 15 is 0 Å². The number of methoxy groups -OCH3 is 1. The number of carbonyl (C=O) groups excluding carboxylic acids is 2. The van der Waals surface area contributed by atoms with Gasteiger partial charge in [-0.05, 0) is 6.42 Å². The molecule has 9 heteroatoms. The molecule has 9 nitrogen and oxygen atoms in total. The van der Waals surface area contributed by atoms with Crippen molar-refractivity contribution in [2.45, 2.75) is 51.9 Å². The average molecular weight is 451 g/mol. The van der Waals surface area contributed by atoms with Gasteiger partial charge in [0.25, 0.3) is 0 Å². The van der Waals surface area contributed by atoms with Crippen molar-refractivity contribution in [3.05, 3.63) is 0 Å². The zero-order valence-corrected chi connectivity index (χ0v) is 19.4. The fourth-order valence-electron chi connectivity index (χ4n) is 2.43. The first-order valence-corrected chi connectivity index (χ1v) is 11.3. The molecule has 0 saturated carbocycles. The fraction of sp³-hybridized carbons (Fsp3) is 0.909. The second-order valence-corrected chi connectivity index (χ2v) is 6.82. The fourth-order valence-corrected chi connectivity index (χ4v) is 2.43. The molecule has 0 aromatic heterocycles. The summed E-state index contributed by atoms with van der Waals surface area (Å²) in [6.07, 6.45) is 7.42. The van der Waals surface area contributed by atoms with Crippen LogP contribution in [0.15, 0.2) is 0 Å². The van der Waals surface area contributed by atoms with Crippen LogP contribution in [0.1, 0.15) is 51.9 Å². The molecule has 0 aliphatic heterocycles. The molecule has 184 valence electrons. The topological polar surface area (TPSA) is 98.8 Å². The Hall–Kier alpha value is -1.26. The van der Waals surface area contributed by atoms with E-state index in [1.165, 1.54) is 32.8 Å². The molecule has 0 aromatic rings. The van der Waals surface area contributed by atoms with E-state index in [1.807, 2.05) is 0 Å². The summed E-state index contributed by atoms with van der Waals surface area (Å²) in [6.45, 7) is 6.26. The van der Waals surface area contributed by atoms with Crippen molar-refractivity contribution in [1.29, 1.82) is 0 Å². The van der Waals surface area contributed by atoms with Crippen LogP contribution in [0.3, 0.4) is 0 Å². The van der Waals surface area contributed by atoms with Crippen LogP contribution in [-0.2, 0) is 42.7 Å². The highest BCUT2D eigenvalue weighted by atomic mass is 16.6. The van der Waals surface area contributed by atoms with Crippen LogP contribution in [0.25, 0.3) is 0 Å². The molecule has 0 atom stereocenters. The largest absolute Gasteiger partial charge is 0.467 e. The normalized spacial score (nSPS) is 10.9. The lowest BCUT2D eigenvalue weighted by molar-refractivity contribution is -0.146. The van der Waals surface area contributed by atoms with Gasteiger partial charge in [0.05, 0.1) is 66.6 Å². The summed E-state index contributed by atoms with van der Waals surface area (Å²) in [6, 6.07) is 0. The number of hydrogen-bond acceptors (Lipinski definition) is 9. The van der Waals surface area contributed by atoms with E-state index < -0.39 is 5.97 Å². The van der Waals surface area contributed by atoms with Crippen molar-refractivity contribution in [3.63, 3.8) is 0 Å². The Labute approximate surface area is 187 Å². The summed E-state index contributed by atoms with van der Waals surface area (Å²) < 4.78 is 36.0. The van der Waals surface area contributed by atoms with E-state index in [0.717, 1.165) is 12.8 Å². The number of ether oxygens (including phenoxy) is 7. The molecule has 0 amide bonds. The Morgan fingerprint density at radius 1 is 0.548 bits per heavy atom. The highest BCUT2D eigenvalue weighted by Gasteiger charge is 2.02. The standard InChI is InChI=1S/C22H42O9/c1-3-4-5-6-7-8-9-21(23)31-19-18-29-15-14-27-11-10-26-12-13-28-16-17-30-20-22(24)25-2/h3-20H2,1-2H3. The number of carbonyl (C=O) groups is 2. The average Bonchev–Trinajstić information content (AvgIpc) is 2.77. The second kappa shape index (κ2) is 25.0. The second-order valence-electron chi connectivity index (χ2n) is 6.82. The minimum Gasteiger partial charge on any atom is -0.467 e. The van der Waals surface area contributed by atoms with E-state index in [0.29, 0.717) is 65.9 Å². The summed E-state index contributed by atoms with van der Waals surface area (Å²) >= 11 is 0. The molecule has 0 heterocycles. The number of rotatable bonds is 24. The summed E-state index contributed by atoms with van der Waals surface area (Å²) in [7, 11) is 1.31. The van der Waals surface area contributed by atoms with Gasteiger partial charge in [0, 0.05) is 6.42 Å². The molecule has 0 rings (SSSR count). The summed E-state index contributed by atoms with van der Waals surface area (Å²) in [5, 5.41) is 0. The predicted octanol–water partition coefficient (Wildman–Crippen LogP) is 2.54. The Kier molecular flexibility index (Phi) is 24.0. The van der Waals surface area contributed by atoms with Gasteiger partial charge in [-0.3, -0.25) is 4.79 Å².